The Balaban J connectivity index is 2.62. The van der Waals surface area contributed by atoms with E-state index in [1.807, 2.05) is 19.1 Å². The zero-order chi connectivity index (χ0) is 12.7. The summed E-state index contributed by atoms with van der Waals surface area (Å²) in [7, 11) is 0. The lowest BCUT2D eigenvalue weighted by molar-refractivity contribution is 0.154. The van der Waals surface area contributed by atoms with Gasteiger partial charge in [0, 0.05) is 25.4 Å². The molecule has 0 saturated heterocycles. The van der Waals surface area contributed by atoms with Crippen LogP contribution in [0, 0.1) is 0 Å². The Morgan fingerprint density at radius 3 is 2.35 bits per heavy atom. The fraction of sp³-hybridized carbons (Fsp3) is 0.571. The molecule has 0 heterocycles. The number of benzene rings is 1. The van der Waals surface area contributed by atoms with Gasteiger partial charge in [0.1, 0.15) is 0 Å². The molecule has 1 atom stereocenters. The fourth-order valence-electron chi connectivity index (χ4n) is 1.75. The second-order valence-corrected chi connectivity index (χ2v) is 4.04. The highest BCUT2D eigenvalue weighted by atomic mass is 16.5. The molecule has 0 bridgehead atoms. The Morgan fingerprint density at radius 1 is 1.24 bits per heavy atom. The number of hydrogen-bond acceptors (Lipinski definition) is 3. The van der Waals surface area contributed by atoms with Crippen molar-refractivity contribution < 1.29 is 9.84 Å². The molecule has 0 saturated carbocycles. The van der Waals surface area contributed by atoms with Crippen LogP contribution in [0.25, 0.3) is 0 Å². The van der Waals surface area contributed by atoms with Gasteiger partial charge >= 0.3 is 0 Å². The normalized spacial score (nSPS) is 12.5. The lowest BCUT2D eigenvalue weighted by atomic mass is 10.1. The first kappa shape index (κ1) is 14.0. The molecule has 1 aromatic rings. The number of ether oxygens (including phenoxy) is 1. The van der Waals surface area contributed by atoms with Crippen molar-refractivity contribution in [3.63, 3.8) is 0 Å². The first-order valence-corrected chi connectivity index (χ1v) is 6.29. The van der Waals surface area contributed by atoms with Crippen LogP contribution in [0.2, 0.25) is 0 Å². The fourth-order valence-corrected chi connectivity index (χ4v) is 1.75. The van der Waals surface area contributed by atoms with Crippen molar-refractivity contribution in [2.24, 2.45) is 0 Å². The highest BCUT2D eigenvalue weighted by molar-refractivity contribution is 5.47. The van der Waals surface area contributed by atoms with E-state index in [-0.39, 0.29) is 0 Å². The summed E-state index contributed by atoms with van der Waals surface area (Å²) in [5.41, 5.74) is 2.13. The first-order chi connectivity index (χ1) is 8.19. The number of hydrogen-bond donors (Lipinski definition) is 1. The van der Waals surface area contributed by atoms with Gasteiger partial charge in [0.05, 0.1) is 12.7 Å². The third-order valence-corrected chi connectivity index (χ3v) is 2.83. The molecule has 96 valence electrons. The lowest BCUT2D eigenvalue weighted by Gasteiger charge is -2.23. The van der Waals surface area contributed by atoms with Gasteiger partial charge in [0.2, 0.25) is 0 Å². The second kappa shape index (κ2) is 7.30. The number of aliphatic hydroxyl groups excluding tert-OH is 1. The Labute approximate surface area is 104 Å². The van der Waals surface area contributed by atoms with Gasteiger partial charge in [-0.05, 0) is 38.5 Å². The maximum absolute atomic E-state index is 9.45. The molecular formula is C14H23NO2. The topological polar surface area (TPSA) is 32.7 Å². The Hall–Kier alpha value is -1.06. The van der Waals surface area contributed by atoms with E-state index in [9.17, 15) is 5.11 Å². The van der Waals surface area contributed by atoms with Gasteiger partial charge in [-0.2, -0.15) is 0 Å². The molecular weight excluding hydrogens is 214 g/mol. The van der Waals surface area contributed by atoms with Gasteiger partial charge in [-0.1, -0.05) is 12.1 Å². The average Bonchev–Trinajstić information content (AvgIpc) is 2.35. The average molecular weight is 237 g/mol. The van der Waals surface area contributed by atoms with E-state index in [1.165, 1.54) is 5.69 Å². The minimum absolute atomic E-state index is 0.400. The predicted octanol–water partition coefficient (Wildman–Crippen LogP) is 2.60. The van der Waals surface area contributed by atoms with Crippen molar-refractivity contribution >= 4 is 5.69 Å². The van der Waals surface area contributed by atoms with E-state index < -0.39 is 6.10 Å². The van der Waals surface area contributed by atoms with Gasteiger partial charge < -0.3 is 14.7 Å². The predicted molar refractivity (Wildman–Crippen MR) is 71.5 cm³/mol. The summed E-state index contributed by atoms with van der Waals surface area (Å²) in [6, 6.07) is 8.06. The minimum Gasteiger partial charge on any atom is -0.389 e. The molecule has 0 aliphatic rings. The number of nitrogens with zero attached hydrogens (tertiary/aromatic N) is 1. The molecule has 1 N–H and O–H groups in total. The molecule has 17 heavy (non-hydrogen) atoms. The van der Waals surface area contributed by atoms with Gasteiger partial charge in [0.15, 0.2) is 0 Å². The maximum atomic E-state index is 9.45. The van der Waals surface area contributed by atoms with Gasteiger partial charge in [-0.3, -0.25) is 0 Å². The maximum Gasteiger partial charge on any atom is 0.0761 e. The van der Waals surface area contributed by atoms with Crippen LogP contribution in [0.5, 0.6) is 0 Å². The summed E-state index contributed by atoms with van der Waals surface area (Å²) in [6.07, 6.45) is -0.400. The molecule has 3 heteroatoms. The van der Waals surface area contributed by atoms with Crippen molar-refractivity contribution in [1.82, 2.24) is 0 Å². The van der Waals surface area contributed by atoms with Crippen LogP contribution >= 0.6 is 0 Å². The largest absolute Gasteiger partial charge is 0.389 e. The standard InChI is InChI=1S/C14H23NO2/c1-4-15(10-11-17-5-2)14-8-6-13(7-9-14)12(3)16/h6-9,12,16H,4-5,10-11H2,1-3H3/t12-/m0/s1. The van der Waals surface area contributed by atoms with Crippen LogP contribution in [0.4, 0.5) is 5.69 Å². The van der Waals surface area contributed by atoms with Crippen LogP contribution in [-0.2, 0) is 4.74 Å². The zero-order valence-electron chi connectivity index (χ0n) is 11.0. The SMILES string of the molecule is CCOCCN(CC)c1ccc([C@H](C)O)cc1. The number of likely N-dealkylation sites (N-methyl/N-ethyl adjacent to an activating group) is 1. The molecule has 0 fully saturated rings. The number of rotatable bonds is 7. The number of anilines is 1. The van der Waals surface area contributed by atoms with Crippen LogP contribution in [0.1, 0.15) is 32.4 Å². The molecule has 3 nitrogen and oxygen atoms in total. The van der Waals surface area contributed by atoms with Crippen molar-refractivity contribution in [2.45, 2.75) is 26.9 Å². The van der Waals surface area contributed by atoms with Crippen LogP contribution in [0.3, 0.4) is 0 Å². The van der Waals surface area contributed by atoms with Crippen molar-refractivity contribution in [3.05, 3.63) is 29.8 Å². The molecule has 0 aliphatic carbocycles. The molecule has 0 aliphatic heterocycles. The van der Waals surface area contributed by atoms with E-state index in [4.69, 9.17) is 4.74 Å². The third kappa shape index (κ3) is 4.36. The van der Waals surface area contributed by atoms with Crippen LogP contribution in [0.15, 0.2) is 24.3 Å². The first-order valence-electron chi connectivity index (χ1n) is 6.29. The lowest BCUT2D eigenvalue weighted by Crippen LogP contribution is -2.27. The van der Waals surface area contributed by atoms with E-state index in [1.54, 1.807) is 6.92 Å². The van der Waals surface area contributed by atoms with E-state index in [0.717, 1.165) is 31.9 Å². The Kier molecular flexibility index (Phi) is 6.01. The van der Waals surface area contributed by atoms with E-state index >= 15 is 0 Å². The highest BCUT2D eigenvalue weighted by Crippen LogP contribution is 2.18. The monoisotopic (exact) mass is 237 g/mol. The van der Waals surface area contributed by atoms with E-state index in [0.29, 0.717) is 0 Å². The quantitative estimate of drug-likeness (QED) is 0.740. The molecule has 1 rings (SSSR count). The summed E-state index contributed by atoms with van der Waals surface area (Å²) in [5.74, 6) is 0. The summed E-state index contributed by atoms with van der Waals surface area (Å²) >= 11 is 0. The minimum atomic E-state index is -0.400. The molecule has 0 unspecified atom stereocenters. The van der Waals surface area contributed by atoms with Gasteiger partial charge in [-0.15, -0.1) is 0 Å². The zero-order valence-corrected chi connectivity index (χ0v) is 11.0. The van der Waals surface area contributed by atoms with Gasteiger partial charge in [-0.25, -0.2) is 0 Å². The molecule has 0 radical (unpaired) electrons. The smallest absolute Gasteiger partial charge is 0.0761 e. The van der Waals surface area contributed by atoms with Crippen molar-refractivity contribution in [1.29, 1.82) is 0 Å². The summed E-state index contributed by atoms with van der Waals surface area (Å²) in [5, 5.41) is 9.45. The Bertz CT molecular complexity index is 309. The molecule has 1 aromatic carbocycles. The van der Waals surface area contributed by atoms with Crippen LogP contribution < -0.4 is 4.90 Å². The van der Waals surface area contributed by atoms with E-state index in [2.05, 4.69) is 24.0 Å². The molecule has 0 amide bonds. The second-order valence-electron chi connectivity index (χ2n) is 4.04. The summed E-state index contributed by atoms with van der Waals surface area (Å²) < 4.78 is 5.37. The van der Waals surface area contributed by atoms with Crippen molar-refractivity contribution in [2.75, 3.05) is 31.2 Å². The van der Waals surface area contributed by atoms with Crippen molar-refractivity contribution in [3.8, 4) is 0 Å². The molecule has 0 aromatic heterocycles. The Morgan fingerprint density at radius 2 is 1.88 bits per heavy atom. The molecule has 0 spiro atoms. The number of aliphatic hydroxyl groups is 1. The summed E-state index contributed by atoms with van der Waals surface area (Å²) in [6.45, 7) is 9.30. The van der Waals surface area contributed by atoms with Crippen LogP contribution in [-0.4, -0.2) is 31.4 Å². The third-order valence-electron chi connectivity index (χ3n) is 2.83. The highest BCUT2D eigenvalue weighted by Gasteiger charge is 2.05. The summed E-state index contributed by atoms with van der Waals surface area (Å²) in [4.78, 5) is 2.27. The van der Waals surface area contributed by atoms with Gasteiger partial charge in [0.25, 0.3) is 0 Å².